The highest BCUT2D eigenvalue weighted by atomic mass is 16.5. The molecular formula is C12H15NO2. The van der Waals surface area contributed by atoms with Crippen molar-refractivity contribution in [3.8, 4) is 0 Å². The van der Waals surface area contributed by atoms with Crippen LogP contribution in [0, 0.1) is 0 Å². The Labute approximate surface area is 89.2 Å². The lowest BCUT2D eigenvalue weighted by Gasteiger charge is -2.31. The molecule has 0 aliphatic carbocycles. The summed E-state index contributed by atoms with van der Waals surface area (Å²) in [5, 5.41) is 0. The van der Waals surface area contributed by atoms with E-state index in [1.165, 1.54) is 0 Å². The third-order valence-electron chi connectivity index (χ3n) is 2.72. The number of rotatable bonds is 2. The van der Waals surface area contributed by atoms with Crippen molar-refractivity contribution in [3.63, 3.8) is 0 Å². The number of ketones is 1. The topological polar surface area (TPSA) is 52.3 Å². The average Bonchev–Trinajstić information content (AvgIpc) is 2.30. The Morgan fingerprint density at radius 1 is 1.27 bits per heavy atom. The summed E-state index contributed by atoms with van der Waals surface area (Å²) in [5.41, 5.74) is 5.49. The van der Waals surface area contributed by atoms with Crippen molar-refractivity contribution in [2.75, 3.05) is 6.61 Å². The summed E-state index contributed by atoms with van der Waals surface area (Å²) in [5.74, 6) is -0.109. The number of carbonyl (C=O) groups excluding carboxylic acids is 1. The van der Waals surface area contributed by atoms with E-state index in [0.29, 0.717) is 18.6 Å². The zero-order valence-electron chi connectivity index (χ0n) is 8.61. The number of hydrogen-bond acceptors (Lipinski definition) is 3. The van der Waals surface area contributed by atoms with E-state index in [1.807, 2.05) is 18.2 Å². The highest BCUT2D eigenvalue weighted by Gasteiger charge is 2.37. The summed E-state index contributed by atoms with van der Waals surface area (Å²) in [6.07, 6.45) is 2.55. The van der Waals surface area contributed by atoms with E-state index >= 15 is 0 Å². The molecule has 1 heterocycles. The fraction of sp³-hybridized carbons (Fsp3) is 0.417. The summed E-state index contributed by atoms with van der Waals surface area (Å²) < 4.78 is 5.41. The summed E-state index contributed by atoms with van der Waals surface area (Å²) in [6, 6.07) is 9.09. The average molecular weight is 205 g/mol. The number of ether oxygens (including phenoxy) is 1. The van der Waals surface area contributed by atoms with E-state index in [0.717, 1.165) is 12.8 Å². The lowest BCUT2D eigenvalue weighted by molar-refractivity contribution is -0.0501. The maximum atomic E-state index is 12.1. The van der Waals surface area contributed by atoms with Crippen molar-refractivity contribution in [1.82, 2.24) is 0 Å². The monoisotopic (exact) mass is 205 g/mol. The zero-order valence-corrected chi connectivity index (χ0v) is 8.61. The van der Waals surface area contributed by atoms with Gasteiger partial charge in [-0.25, -0.2) is 0 Å². The van der Waals surface area contributed by atoms with E-state index in [4.69, 9.17) is 10.5 Å². The molecule has 1 aromatic rings. The molecule has 1 saturated heterocycles. The predicted octanol–water partition coefficient (Wildman–Crippen LogP) is 1.72. The summed E-state index contributed by atoms with van der Waals surface area (Å²) in [6.45, 7) is 0.578. The smallest absolute Gasteiger partial charge is 0.209 e. The van der Waals surface area contributed by atoms with Crippen LogP contribution in [0.1, 0.15) is 29.6 Å². The largest absolute Gasteiger partial charge is 0.353 e. The maximum Gasteiger partial charge on any atom is 0.209 e. The Bertz CT molecular complexity index is 342. The second kappa shape index (κ2) is 4.13. The first kappa shape index (κ1) is 10.3. The van der Waals surface area contributed by atoms with Gasteiger partial charge in [0.1, 0.15) is 0 Å². The van der Waals surface area contributed by atoms with E-state index in [9.17, 15) is 4.79 Å². The van der Waals surface area contributed by atoms with Gasteiger partial charge in [-0.3, -0.25) is 10.5 Å². The molecule has 1 unspecified atom stereocenters. The number of carbonyl (C=O) groups is 1. The third-order valence-corrected chi connectivity index (χ3v) is 2.72. The van der Waals surface area contributed by atoms with Gasteiger partial charge in [0.05, 0.1) is 0 Å². The Balaban J connectivity index is 2.20. The first-order valence-corrected chi connectivity index (χ1v) is 5.25. The van der Waals surface area contributed by atoms with E-state index in [1.54, 1.807) is 12.1 Å². The molecule has 3 nitrogen and oxygen atoms in total. The van der Waals surface area contributed by atoms with Crippen LogP contribution in [-0.2, 0) is 4.74 Å². The molecule has 0 amide bonds. The second-order valence-corrected chi connectivity index (χ2v) is 3.89. The molecule has 15 heavy (non-hydrogen) atoms. The molecule has 0 spiro atoms. The number of hydrogen-bond donors (Lipinski definition) is 1. The molecule has 1 aliphatic rings. The molecule has 80 valence electrons. The van der Waals surface area contributed by atoms with Crippen LogP contribution < -0.4 is 5.73 Å². The zero-order chi connectivity index (χ0) is 10.7. The fourth-order valence-corrected chi connectivity index (χ4v) is 1.83. The lowest BCUT2D eigenvalue weighted by atomic mass is 9.94. The Morgan fingerprint density at radius 2 is 2.00 bits per heavy atom. The maximum absolute atomic E-state index is 12.1. The first-order valence-electron chi connectivity index (χ1n) is 5.25. The Morgan fingerprint density at radius 3 is 2.60 bits per heavy atom. The molecule has 1 aromatic carbocycles. The van der Waals surface area contributed by atoms with E-state index < -0.39 is 5.72 Å². The highest BCUT2D eigenvalue weighted by Crippen LogP contribution is 2.23. The molecule has 0 bridgehead atoms. The highest BCUT2D eigenvalue weighted by molar-refractivity contribution is 6.02. The van der Waals surface area contributed by atoms with Crippen molar-refractivity contribution < 1.29 is 9.53 Å². The van der Waals surface area contributed by atoms with Crippen molar-refractivity contribution in [1.29, 1.82) is 0 Å². The van der Waals surface area contributed by atoms with Crippen molar-refractivity contribution >= 4 is 5.78 Å². The van der Waals surface area contributed by atoms with Crippen molar-refractivity contribution in [2.45, 2.75) is 25.0 Å². The molecule has 0 radical (unpaired) electrons. The van der Waals surface area contributed by atoms with Gasteiger partial charge < -0.3 is 4.74 Å². The van der Waals surface area contributed by atoms with Crippen LogP contribution in [0.4, 0.5) is 0 Å². The molecule has 1 atom stereocenters. The van der Waals surface area contributed by atoms with Gasteiger partial charge >= 0.3 is 0 Å². The summed E-state index contributed by atoms with van der Waals surface area (Å²) >= 11 is 0. The van der Waals surface area contributed by atoms with E-state index in [-0.39, 0.29) is 5.78 Å². The van der Waals surface area contributed by atoms with Crippen LogP contribution in [0.3, 0.4) is 0 Å². The van der Waals surface area contributed by atoms with Gasteiger partial charge in [0, 0.05) is 12.2 Å². The first-order chi connectivity index (χ1) is 7.22. The molecule has 1 fully saturated rings. The Kier molecular flexibility index (Phi) is 2.84. The van der Waals surface area contributed by atoms with Gasteiger partial charge in [-0.1, -0.05) is 30.3 Å². The van der Waals surface area contributed by atoms with Crippen molar-refractivity contribution in [2.24, 2.45) is 5.73 Å². The van der Waals surface area contributed by atoms with Crippen molar-refractivity contribution in [3.05, 3.63) is 35.9 Å². The van der Waals surface area contributed by atoms with Crippen LogP contribution >= 0.6 is 0 Å². The van der Waals surface area contributed by atoms with Crippen LogP contribution in [0.15, 0.2) is 30.3 Å². The molecule has 0 saturated carbocycles. The van der Waals surface area contributed by atoms with Gasteiger partial charge in [0.2, 0.25) is 5.78 Å². The van der Waals surface area contributed by atoms with Crippen LogP contribution in [0.25, 0.3) is 0 Å². The number of Topliss-reactive ketones (excluding diaryl/α,β-unsaturated/α-hetero) is 1. The number of nitrogens with two attached hydrogens (primary N) is 1. The number of benzene rings is 1. The van der Waals surface area contributed by atoms with Crippen LogP contribution in [-0.4, -0.2) is 18.1 Å². The van der Waals surface area contributed by atoms with E-state index in [2.05, 4.69) is 0 Å². The quantitative estimate of drug-likeness (QED) is 0.748. The van der Waals surface area contributed by atoms with Gasteiger partial charge in [-0.15, -0.1) is 0 Å². The molecule has 2 rings (SSSR count). The molecular weight excluding hydrogens is 190 g/mol. The molecule has 0 aromatic heterocycles. The fourth-order valence-electron chi connectivity index (χ4n) is 1.83. The van der Waals surface area contributed by atoms with Gasteiger partial charge in [-0.05, 0) is 19.3 Å². The molecule has 3 heteroatoms. The minimum absolute atomic E-state index is 0.109. The minimum atomic E-state index is -1.10. The SMILES string of the molecule is NC1(C(=O)c2ccccc2)CCCCO1. The van der Waals surface area contributed by atoms with Crippen LogP contribution in [0.5, 0.6) is 0 Å². The summed E-state index contributed by atoms with van der Waals surface area (Å²) in [4.78, 5) is 12.1. The summed E-state index contributed by atoms with van der Waals surface area (Å²) in [7, 11) is 0. The van der Waals surface area contributed by atoms with Crippen LogP contribution in [0.2, 0.25) is 0 Å². The third kappa shape index (κ3) is 2.08. The Hall–Kier alpha value is -1.19. The van der Waals surface area contributed by atoms with Gasteiger partial charge in [-0.2, -0.15) is 0 Å². The second-order valence-electron chi connectivity index (χ2n) is 3.89. The minimum Gasteiger partial charge on any atom is -0.353 e. The predicted molar refractivity (Wildman–Crippen MR) is 57.5 cm³/mol. The van der Waals surface area contributed by atoms with Gasteiger partial charge in [0.25, 0.3) is 0 Å². The lowest BCUT2D eigenvalue weighted by Crippen LogP contribution is -2.52. The standard InChI is InChI=1S/C12H15NO2/c13-12(8-4-5-9-15-12)11(14)10-6-2-1-3-7-10/h1-3,6-7H,4-5,8-9,13H2. The molecule has 2 N–H and O–H groups in total. The molecule has 1 aliphatic heterocycles. The normalized spacial score (nSPS) is 26.2. The van der Waals surface area contributed by atoms with Gasteiger partial charge in [0.15, 0.2) is 5.72 Å².